The third-order valence-corrected chi connectivity index (χ3v) is 6.17. The van der Waals surface area contributed by atoms with Crippen molar-refractivity contribution in [3.63, 3.8) is 0 Å². The van der Waals surface area contributed by atoms with Crippen molar-refractivity contribution >= 4 is 15.9 Å². The van der Waals surface area contributed by atoms with Gasteiger partial charge < -0.3 is 4.52 Å². The summed E-state index contributed by atoms with van der Waals surface area (Å²) in [6.45, 7) is 2.30. The highest BCUT2D eigenvalue weighted by Gasteiger charge is 2.22. The molecule has 0 N–H and O–H groups in total. The number of hydrogen-bond acceptors (Lipinski definition) is 3. The summed E-state index contributed by atoms with van der Waals surface area (Å²) in [5.74, 6) is 2.84. The first-order valence-corrected chi connectivity index (χ1v) is 10.7. The van der Waals surface area contributed by atoms with Gasteiger partial charge in [0.2, 0.25) is 5.82 Å². The van der Waals surface area contributed by atoms with Crippen molar-refractivity contribution in [2.45, 2.75) is 51.4 Å². The molecule has 0 saturated heterocycles. The molecule has 0 radical (unpaired) electrons. The molecular weight excluding hydrogens is 400 g/mol. The van der Waals surface area contributed by atoms with Gasteiger partial charge in [0, 0.05) is 15.6 Å². The fourth-order valence-corrected chi connectivity index (χ4v) is 4.58. The van der Waals surface area contributed by atoms with E-state index in [0.717, 1.165) is 21.5 Å². The molecule has 140 valence electrons. The van der Waals surface area contributed by atoms with Gasteiger partial charge in [0.25, 0.3) is 5.89 Å². The van der Waals surface area contributed by atoms with Crippen molar-refractivity contribution in [1.29, 1.82) is 0 Å². The maximum absolute atomic E-state index is 5.46. The van der Waals surface area contributed by atoms with Crippen LogP contribution in [0.4, 0.5) is 0 Å². The average molecular weight is 425 g/mol. The molecule has 0 bridgehead atoms. The molecule has 1 aliphatic rings. The first-order valence-electron chi connectivity index (χ1n) is 9.93. The quantitative estimate of drug-likeness (QED) is 0.433. The summed E-state index contributed by atoms with van der Waals surface area (Å²) < 4.78 is 6.46. The standard InChI is InChI=1S/C23H25BrN2O/c1-2-4-16-7-9-17(10-8-16)18-11-13-19(14-12-18)22-25-23(27-26-22)20-5-3-6-21(24)15-20/h3,5-6,11-17H,2,4,7-10H2,1H3. The van der Waals surface area contributed by atoms with Gasteiger partial charge in [-0.1, -0.05) is 71.2 Å². The van der Waals surface area contributed by atoms with Gasteiger partial charge in [-0.05, 0) is 61.3 Å². The molecule has 1 aliphatic carbocycles. The minimum atomic E-state index is 0.546. The molecule has 3 nitrogen and oxygen atoms in total. The lowest BCUT2D eigenvalue weighted by molar-refractivity contribution is 0.308. The van der Waals surface area contributed by atoms with E-state index in [-0.39, 0.29) is 0 Å². The Balaban J connectivity index is 1.45. The lowest BCUT2D eigenvalue weighted by atomic mass is 9.77. The summed E-state index contributed by atoms with van der Waals surface area (Å²) in [5.41, 5.74) is 3.37. The van der Waals surface area contributed by atoms with Crippen LogP contribution >= 0.6 is 15.9 Å². The Morgan fingerprint density at radius 1 is 1.00 bits per heavy atom. The predicted molar refractivity (Wildman–Crippen MR) is 112 cm³/mol. The Kier molecular flexibility index (Phi) is 5.72. The van der Waals surface area contributed by atoms with Crippen LogP contribution in [-0.4, -0.2) is 10.1 Å². The Bertz CT molecular complexity index is 879. The van der Waals surface area contributed by atoms with Crippen LogP contribution in [0.25, 0.3) is 22.8 Å². The second kappa shape index (κ2) is 8.39. The molecule has 0 unspecified atom stereocenters. The van der Waals surface area contributed by atoms with Gasteiger partial charge in [0.15, 0.2) is 0 Å². The minimum Gasteiger partial charge on any atom is -0.334 e. The van der Waals surface area contributed by atoms with Crippen molar-refractivity contribution in [3.05, 3.63) is 58.6 Å². The van der Waals surface area contributed by atoms with Crippen LogP contribution in [0.15, 0.2) is 57.5 Å². The molecule has 0 atom stereocenters. The lowest BCUT2D eigenvalue weighted by Crippen LogP contribution is -2.13. The molecule has 3 aromatic rings. The maximum atomic E-state index is 5.46. The molecule has 4 rings (SSSR count). The van der Waals surface area contributed by atoms with E-state index >= 15 is 0 Å². The van der Waals surface area contributed by atoms with E-state index < -0.39 is 0 Å². The number of halogens is 1. The zero-order valence-corrected chi connectivity index (χ0v) is 17.3. The number of nitrogens with zero attached hydrogens (tertiary/aromatic N) is 2. The third-order valence-electron chi connectivity index (χ3n) is 5.68. The largest absolute Gasteiger partial charge is 0.334 e. The summed E-state index contributed by atoms with van der Waals surface area (Å²) in [7, 11) is 0. The van der Waals surface area contributed by atoms with Crippen molar-refractivity contribution in [2.75, 3.05) is 0 Å². The highest BCUT2D eigenvalue weighted by molar-refractivity contribution is 9.10. The predicted octanol–water partition coefficient (Wildman–Crippen LogP) is 7.24. The fourth-order valence-electron chi connectivity index (χ4n) is 4.18. The van der Waals surface area contributed by atoms with Crippen LogP contribution < -0.4 is 0 Å². The summed E-state index contributed by atoms with van der Waals surface area (Å²) in [5, 5.41) is 4.16. The molecule has 2 aromatic carbocycles. The van der Waals surface area contributed by atoms with Crippen molar-refractivity contribution < 1.29 is 4.52 Å². The van der Waals surface area contributed by atoms with Crippen LogP contribution in [0.5, 0.6) is 0 Å². The van der Waals surface area contributed by atoms with Crippen LogP contribution in [0.3, 0.4) is 0 Å². The lowest BCUT2D eigenvalue weighted by Gasteiger charge is -2.28. The molecule has 0 spiro atoms. The van der Waals surface area contributed by atoms with Gasteiger partial charge >= 0.3 is 0 Å². The normalized spacial score (nSPS) is 19.9. The molecule has 1 saturated carbocycles. The van der Waals surface area contributed by atoms with Crippen molar-refractivity contribution in [2.24, 2.45) is 5.92 Å². The first kappa shape index (κ1) is 18.4. The summed E-state index contributed by atoms with van der Waals surface area (Å²) >= 11 is 3.48. The van der Waals surface area contributed by atoms with E-state index in [1.165, 1.54) is 44.1 Å². The van der Waals surface area contributed by atoms with E-state index in [1.54, 1.807) is 0 Å². The molecule has 1 aromatic heterocycles. The van der Waals surface area contributed by atoms with Gasteiger partial charge in [-0.2, -0.15) is 4.98 Å². The van der Waals surface area contributed by atoms with Gasteiger partial charge in [0.05, 0.1) is 0 Å². The van der Waals surface area contributed by atoms with Crippen molar-refractivity contribution in [1.82, 2.24) is 10.1 Å². The second-order valence-corrected chi connectivity index (χ2v) is 8.48. The Morgan fingerprint density at radius 3 is 2.48 bits per heavy atom. The SMILES string of the molecule is CCCC1CCC(c2ccc(-c3noc(-c4cccc(Br)c4)n3)cc2)CC1. The van der Waals surface area contributed by atoms with Crippen LogP contribution in [-0.2, 0) is 0 Å². The Morgan fingerprint density at radius 2 is 1.78 bits per heavy atom. The number of aromatic nitrogens is 2. The van der Waals surface area contributed by atoms with E-state index in [4.69, 9.17) is 4.52 Å². The van der Waals surface area contributed by atoms with Crippen LogP contribution in [0.2, 0.25) is 0 Å². The van der Waals surface area contributed by atoms with E-state index in [1.807, 2.05) is 24.3 Å². The molecule has 27 heavy (non-hydrogen) atoms. The zero-order chi connectivity index (χ0) is 18.6. The van der Waals surface area contributed by atoms with Crippen LogP contribution in [0, 0.1) is 5.92 Å². The highest BCUT2D eigenvalue weighted by Crippen LogP contribution is 2.38. The number of rotatable bonds is 5. The number of benzene rings is 2. The summed E-state index contributed by atoms with van der Waals surface area (Å²) in [6.07, 6.45) is 8.10. The van der Waals surface area contributed by atoms with E-state index in [0.29, 0.717) is 17.6 Å². The van der Waals surface area contributed by atoms with Gasteiger partial charge in [0.1, 0.15) is 0 Å². The Hall–Kier alpha value is -1.94. The smallest absolute Gasteiger partial charge is 0.258 e. The second-order valence-electron chi connectivity index (χ2n) is 7.56. The van der Waals surface area contributed by atoms with E-state index in [9.17, 15) is 0 Å². The van der Waals surface area contributed by atoms with Crippen LogP contribution in [0.1, 0.15) is 56.9 Å². The van der Waals surface area contributed by atoms with Gasteiger partial charge in [-0.25, -0.2) is 0 Å². The third kappa shape index (κ3) is 4.32. The Labute approximate surface area is 169 Å². The average Bonchev–Trinajstić information content (AvgIpc) is 3.19. The molecular formula is C23H25BrN2O. The monoisotopic (exact) mass is 424 g/mol. The first-order chi connectivity index (χ1) is 13.2. The summed E-state index contributed by atoms with van der Waals surface area (Å²) in [4.78, 5) is 4.57. The van der Waals surface area contributed by atoms with Crippen molar-refractivity contribution in [3.8, 4) is 22.8 Å². The van der Waals surface area contributed by atoms with Gasteiger partial charge in [-0.15, -0.1) is 0 Å². The molecule has 0 aliphatic heterocycles. The minimum absolute atomic E-state index is 0.546. The fraction of sp³-hybridized carbons (Fsp3) is 0.391. The molecule has 1 heterocycles. The zero-order valence-electron chi connectivity index (χ0n) is 15.7. The number of hydrogen-bond donors (Lipinski definition) is 0. The van der Waals surface area contributed by atoms with Gasteiger partial charge in [-0.3, -0.25) is 0 Å². The summed E-state index contributed by atoms with van der Waals surface area (Å²) in [6, 6.07) is 16.6. The molecule has 0 amide bonds. The highest BCUT2D eigenvalue weighted by atomic mass is 79.9. The molecule has 1 fully saturated rings. The topological polar surface area (TPSA) is 38.9 Å². The molecule has 4 heteroatoms. The van der Waals surface area contributed by atoms with E-state index in [2.05, 4.69) is 57.3 Å². The maximum Gasteiger partial charge on any atom is 0.258 e.